The second-order valence-corrected chi connectivity index (χ2v) is 11.6. The first-order valence-electron chi connectivity index (χ1n) is 16.0. The highest BCUT2D eigenvalue weighted by atomic mass is 35.5. The van der Waals surface area contributed by atoms with Crippen LogP contribution < -0.4 is 15.0 Å². The van der Waals surface area contributed by atoms with Gasteiger partial charge in [0.2, 0.25) is 0 Å². The zero-order valence-electron chi connectivity index (χ0n) is 26.7. The molecule has 1 aliphatic rings. The number of halogens is 1. The summed E-state index contributed by atoms with van der Waals surface area (Å²) in [4.78, 5) is 32.9. The number of phenols is 1. The number of hydrogen-bond acceptors (Lipinski definition) is 9. The smallest absolute Gasteiger partial charge is 0.278 e. The van der Waals surface area contributed by atoms with Gasteiger partial charge in [-0.25, -0.2) is 4.98 Å². The van der Waals surface area contributed by atoms with Gasteiger partial charge in [0.05, 0.1) is 57.6 Å². The number of aromatic hydroxyl groups is 1. The highest BCUT2D eigenvalue weighted by Gasteiger charge is 2.35. The topological polar surface area (TPSA) is 144 Å². The van der Waals surface area contributed by atoms with Crippen LogP contribution in [0.5, 0.6) is 11.5 Å². The zero-order valence-corrected chi connectivity index (χ0v) is 27.5. The lowest BCUT2D eigenvalue weighted by molar-refractivity contribution is 0.00361. The van der Waals surface area contributed by atoms with Crippen LogP contribution in [0.3, 0.4) is 0 Å². The number of aliphatic hydroxyl groups excluding tert-OH is 1. The van der Waals surface area contributed by atoms with Gasteiger partial charge >= 0.3 is 0 Å². The minimum Gasteiger partial charge on any atom is -0.507 e. The van der Waals surface area contributed by atoms with Crippen molar-refractivity contribution in [3.05, 3.63) is 95.9 Å². The van der Waals surface area contributed by atoms with Gasteiger partial charge in [-0.05, 0) is 47.3 Å². The number of benzene rings is 3. The van der Waals surface area contributed by atoms with E-state index in [9.17, 15) is 14.7 Å². The molecule has 2 aromatic heterocycles. The maximum Gasteiger partial charge on any atom is 0.278 e. The Morgan fingerprint density at radius 2 is 1.57 bits per heavy atom. The average molecular weight is 689 g/mol. The maximum atomic E-state index is 13.8. The van der Waals surface area contributed by atoms with Crippen molar-refractivity contribution < 1.29 is 38.7 Å². The highest BCUT2D eigenvalue weighted by Crippen LogP contribution is 2.45. The number of imidazole rings is 1. The van der Waals surface area contributed by atoms with Crippen LogP contribution in [0, 0.1) is 0 Å². The van der Waals surface area contributed by atoms with Gasteiger partial charge in [-0.1, -0.05) is 24.3 Å². The van der Waals surface area contributed by atoms with Crippen LogP contribution in [-0.4, -0.2) is 96.7 Å². The maximum absolute atomic E-state index is 13.8. The number of fused-ring (bicyclic) bond motifs is 4. The van der Waals surface area contributed by atoms with E-state index in [1.165, 1.54) is 0 Å². The number of amides is 2. The third-order valence-electron chi connectivity index (χ3n) is 8.10. The molecule has 256 valence electrons. The molecule has 0 saturated heterocycles. The Balaban J connectivity index is 1.02. The van der Waals surface area contributed by atoms with Crippen molar-refractivity contribution in [3.8, 4) is 11.5 Å². The van der Waals surface area contributed by atoms with Crippen molar-refractivity contribution >= 4 is 51.2 Å². The summed E-state index contributed by atoms with van der Waals surface area (Å²) in [5.41, 5.74) is 3.31. The Hall–Kier alpha value is -4.72. The van der Waals surface area contributed by atoms with Gasteiger partial charge in [0.25, 0.3) is 11.8 Å². The number of nitrogens with one attached hydrogen (secondary N) is 1. The summed E-state index contributed by atoms with van der Waals surface area (Å²) in [7, 11) is 0. The van der Waals surface area contributed by atoms with E-state index in [1.807, 2.05) is 24.3 Å². The Morgan fingerprint density at radius 1 is 0.878 bits per heavy atom. The number of carbonyl (C=O) groups excluding carboxylic acids is 2. The fraction of sp³-hybridized carbons (Fsp3) is 0.306. The Bertz CT molecular complexity index is 1920. The number of anilines is 2. The average Bonchev–Trinajstić information content (AvgIpc) is 3.72. The third-order valence-corrected chi connectivity index (χ3v) is 8.47. The third kappa shape index (κ3) is 7.96. The summed E-state index contributed by atoms with van der Waals surface area (Å²) in [6.45, 7) is 3.13. The molecule has 0 aliphatic carbocycles. The Labute approximate surface area is 287 Å². The molecule has 13 heteroatoms. The second kappa shape index (κ2) is 16.1. The summed E-state index contributed by atoms with van der Waals surface area (Å²) < 4.78 is 23.3. The number of pyridine rings is 1. The molecule has 0 spiro atoms. The summed E-state index contributed by atoms with van der Waals surface area (Å²) in [6, 6.07) is 19.4. The van der Waals surface area contributed by atoms with E-state index >= 15 is 0 Å². The molecule has 49 heavy (non-hydrogen) atoms. The van der Waals surface area contributed by atoms with E-state index < -0.39 is 0 Å². The molecule has 0 bridgehead atoms. The lowest BCUT2D eigenvalue weighted by Crippen LogP contribution is -2.30. The van der Waals surface area contributed by atoms with Crippen LogP contribution in [0.1, 0.15) is 32.3 Å². The molecular weight excluding hydrogens is 652 g/mol. The van der Waals surface area contributed by atoms with Gasteiger partial charge in [0.15, 0.2) is 0 Å². The molecule has 3 heterocycles. The van der Waals surface area contributed by atoms with Crippen molar-refractivity contribution in [2.75, 3.05) is 75.5 Å². The standard InChI is InChI=1S/C36H37ClN4O8/c37-20-25-21-41(31-19-32(43)28-3-1-2-4-29(28)34(25)31)36(45)30-23-40-22-26(7-10-33(40)39-30)38-35(44)24-5-8-27(9-6-24)49-18-17-48-16-15-47-14-13-46-12-11-42/h1-10,19,22-23,25,42-43H,11-18,20-21H2,(H,38,44)/t25-/m1/s1. The number of rotatable bonds is 16. The number of carbonyl (C=O) groups is 2. The van der Waals surface area contributed by atoms with Gasteiger partial charge in [-0.15, -0.1) is 11.6 Å². The number of nitrogens with zero attached hydrogens (tertiary/aromatic N) is 3. The molecule has 0 radical (unpaired) electrons. The minimum absolute atomic E-state index is 0.00506. The monoisotopic (exact) mass is 688 g/mol. The molecule has 3 N–H and O–H groups in total. The second-order valence-electron chi connectivity index (χ2n) is 11.3. The Kier molecular flexibility index (Phi) is 11.2. The molecule has 0 fully saturated rings. The van der Waals surface area contributed by atoms with E-state index in [2.05, 4.69) is 10.3 Å². The summed E-state index contributed by atoms with van der Waals surface area (Å²) in [6.07, 6.45) is 3.32. The number of ether oxygens (including phenoxy) is 4. The van der Waals surface area contributed by atoms with Crippen LogP contribution in [0.25, 0.3) is 16.4 Å². The summed E-state index contributed by atoms with van der Waals surface area (Å²) in [5, 5.41) is 23.9. The quantitative estimate of drug-likeness (QED) is 0.0979. The minimum atomic E-state index is -0.308. The van der Waals surface area contributed by atoms with Gasteiger partial charge in [-0.2, -0.15) is 0 Å². The van der Waals surface area contributed by atoms with Crippen LogP contribution >= 0.6 is 11.6 Å². The molecule has 0 saturated carbocycles. The molecule has 12 nitrogen and oxygen atoms in total. The van der Waals surface area contributed by atoms with Gasteiger partial charge in [0, 0.05) is 47.8 Å². The van der Waals surface area contributed by atoms with Crippen LogP contribution in [0.4, 0.5) is 11.4 Å². The molecule has 1 atom stereocenters. The number of alkyl halides is 1. The predicted octanol–water partition coefficient (Wildman–Crippen LogP) is 4.85. The zero-order chi connectivity index (χ0) is 34.2. The number of phenolic OH excluding ortho intramolecular Hbond substituents is 1. The molecule has 2 amide bonds. The lowest BCUT2D eigenvalue weighted by Gasteiger charge is -2.17. The molecule has 6 rings (SSSR count). The highest BCUT2D eigenvalue weighted by molar-refractivity contribution is 6.19. The number of aromatic nitrogens is 2. The van der Waals surface area contributed by atoms with Crippen LogP contribution in [0.15, 0.2) is 79.1 Å². The van der Waals surface area contributed by atoms with Gasteiger partial charge in [-0.3, -0.25) is 9.59 Å². The largest absolute Gasteiger partial charge is 0.507 e. The molecule has 1 aliphatic heterocycles. The predicted molar refractivity (Wildman–Crippen MR) is 185 cm³/mol. The van der Waals surface area contributed by atoms with Gasteiger partial charge < -0.3 is 43.8 Å². The molecule has 3 aromatic carbocycles. The van der Waals surface area contributed by atoms with Crippen LogP contribution in [-0.2, 0) is 14.2 Å². The van der Waals surface area contributed by atoms with Crippen molar-refractivity contribution in [1.29, 1.82) is 0 Å². The molecular formula is C36H37ClN4O8. The first kappa shape index (κ1) is 34.2. The number of hydrogen-bond donors (Lipinski definition) is 3. The molecule has 5 aromatic rings. The Morgan fingerprint density at radius 3 is 2.29 bits per heavy atom. The van der Waals surface area contributed by atoms with Crippen molar-refractivity contribution in [2.24, 2.45) is 0 Å². The van der Waals surface area contributed by atoms with E-state index in [4.69, 9.17) is 35.7 Å². The van der Waals surface area contributed by atoms with E-state index in [-0.39, 0.29) is 35.8 Å². The van der Waals surface area contributed by atoms with Crippen molar-refractivity contribution in [3.63, 3.8) is 0 Å². The normalized spacial score (nSPS) is 14.0. The number of aliphatic hydroxyl groups is 1. The van der Waals surface area contributed by atoms with Crippen molar-refractivity contribution in [1.82, 2.24) is 9.38 Å². The van der Waals surface area contributed by atoms with Crippen LogP contribution in [0.2, 0.25) is 0 Å². The van der Waals surface area contributed by atoms with E-state index in [0.717, 1.165) is 16.3 Å². The van der Waals surface area contributed by atoms with E-state index in [1.54, 1.807) is 64.2 Å². The fourth-order valence-electron chi connectivity index (χ4n) is 5.78. The lowest BCUT2D eigenvalue weighted by atomic mass is 9.95. The molecule has 0 unspecified atom stereocenters. The first-order valence-corrected chi connectivity index (χ1v) is 16.5. The first-order chi connectivity index (χ1) is 24.0. The van der Waals surface area contributed by atoms with Gasteiger partial charge in [0.1, 0.15) is 29.4 Å². The van der Waals surface area contributed by atoms with E-state index in [0.29, 0.717) is 87.0 Å². The fourth-order valence-corrected chi connectivity index (χ4v) is 6.03. The summed E-state index contributed by atoms with van der Waals surface area (Å²) >= 11 is 6.35. The van der Waals surface area contributed by atoms with Crippen molar-refractivity contribution in [2.45, 2.75) is 5.92 Å². The summed E-state index contributed by atoms with van der Waals surface area (Å²) in [5.74, 6) is 0.326. The SMILES string of the molecule is O=C(Nc1ccc2nc(C(=O)N3C[C@@H](CCl)c4c3cc(O)c3ccccc43)cn2c1)c1ccc(OCCOCCOCCOCCO)cc1.